The van der Waals surface area contributed by atoms with E-state index in [0.717, 1.165) is 5.56 Å². The molecule has 0 fully saturated rings. The Hall–Kier alpha value is -3.74. The number of nitrogens with one attached hydrogen (secondary N) is 1. The van der Waals surface area contributed by atoms with Gasteiger partial charge in [-0.3, -0.25) is 9.59 Å². The van der Waals surface area contributed by atoms with Gasteiger partial charge < -0.3 is 23.9 Å². The third kappa shape index (κ3) is 5.55. The molecule has 7 heteroatoms. The maximum atomic E-state index is 13.4. The smallest absolute Gasteiger partial charge is 0.306 e. The van der Waals surface area contributed by atoms with Gasteiger partial charge in [0.1, 0.15) is 5.75 Å². The maximum Gasteiger partial charge on any atom is 0.306 e. The van der Waals surface area contributed by atoms with Crippen molar-refractivity contribution in [3.05, 3.63) is 77.1 Å². The van der Waals surface area contributed by atoms with Gasteiger partial charge in [0.2, 0.25) is 0 Å². The maximum absolute atomic E-state index is 13.4. The number of aromatic nitrogens is 1. The van der Waals surface area contributed by atoms with Crippen LogP contribution in [0.2, 0.25) is 0 Å². The molecule has 0 aliphatic carbocycles. The van der Waals surface area contributed by atoms with E-state index in [1.165, 1.54) is 7.11 Å². The van der Waals surface area contributed by atoms with Crippen LogP contribution in [0.3, 0.4) is 0 Å². The van der Waals surface area contributed by atoms with E-state index < -0.39 is 5.92 Å². The molecule has 7 nitrogen and oxygen atoms in total. The first-order valence-corrected chi connectivity index (χ1v) is 10.8. The topological polar surface area (TPSA) is 86.9 Å². The molecule has 0 radical (unpaired) electrons. The van der Waals surface area contributed by atoms with Gasteiger partial charge >= 0.3 is 5.97 Å². The third-order valence-electron chi connectivity index (χ3n) is 5.27. The fourth-order valence-electron chi connectivity index (χ4n) is 3.71. The van der Waals surface area contributed by atoms with Crippen LogP contribution in [0.1, 0.15) is 53.4 Å². The van der Waals surface area contributed by atoms with Crippen molar-refractivity contribution in [1.82, 2.24) is 4.98 Å². The summed E-state index contributed by atoms with van der Waals surface area (Å²) in [4.78, 5) is 28.8. The van der Waals surface area contributed by atoms with E-state index in [-0.39, 0.29) is 18.2 Å². The lowest BCUT2D eigenvalue weighted by atomic mass is 9.88. The third-order valence-corrected chi connectivity index (χ3v) is 5.27. The molecular weight excluding hydrogens is 422 g/mol. The van der Waals surface area contributed by atoms with E-state index in [9.17, 15) is 9.59 Å². The molecule has 0 saturated carbocycles. The van der Waals surface area contributed by atoms with Crippen molar-refractivity contribution < 1.29 is 28.5 Å². The molecule has 0 saturated heterocycles. The Morgan fingerprint density at radius 3 is 2.39 bits per heavy atom. The molecule has 1 unspecified atom stereocenters. The molecule has 2 aromatic carbocycles. The molecule has 0 amide bonds. The molecular formula is C26H29NO6. The Morgan fingerprint density at radius 1 is 0.939 bits per heavy atom. The van der Waals surface area contributed by atoms with E-state index in [1.807, 2.05) is 32.0 Å². The minimum absolute atomic E-state index is 0.0505. The number of H-pyrrole nitrogens is 1. The highest BCUT2D eigenvalue weighted by Gasteiger charge is 2.27. The predicted molar refractivity (Wildman–Crippen MR) is 124 cm³/mol. The summed E-state index contributed by atoms with van der Waals surface area (Å²) in [5.74, 6) is 0.791. The number of carbonyl (C=O) groups excluding carboxylic acids is 2. The summed E-state index contributed by atoms with van der Waals surface area (Å²) in [5.41, 5.74) is 2.40. The summed E-state index contributed by atoms with van der Waals surface area (Å²) in [7, 11) is 2.90. The molecule has 33 heavy (non-hydrogen) atoms. The Balaban J connectivity index is 2.06. The van der Waals surface area contributed by atoms with Crippen molar-refractivity contribution in [3.8, 4) is 17.2 Å². The van der Waals surface area contributed by atoms with Crippen LogP contribution in [0.25, 0.3) is 0 Å². The molecule has 1 heterocycles. The number of carbonyl (C=O) groups is 2. The number of hydrogen-bond donors (Lipinski definition) is 1. The van der Waals surface area contributed by atoms with Crippen molar-refractivity contribution in [1.29, 1.82) is 0 Å². The van der Waals surface area contributed by atoms with Crippen LogP contribution in [-0.4, -0.2) is 44.2 Å². The summed E-state index contributed by atoms with van der Waals surface area (Å²) in [6.07, 6.45) is 1.75. The molecule has 3 aromatic rings. The first-order chi connectivity index (χ1) is 16.0. The van der Waals surface area contributed by atoms with Crippen LogP contribution in [0, 0.1) is 0 Å². The summed E-state index contributed by atoms with van der Waals surface area (Å²) >= 11 is 0. The minimum atomic E-state index is -0.452. The molecule has 0 bridgehead atoms. The van der Waals surface area contributed by atoms with Gasteiger partial charge in [-0.15, -0.1) is 0 Å². The second-order valence-corrected chi connectivity index (χ2v) is 7.27. The second-order valence-electron chi connectivity index (χ2n) is 7.27. The van der Waals surface area contributed by atoms with Crippen molar-refractivity contribution in [2.45, 2.75) is 26.2 Å². The number of benzene rings is 2. The van der Waals surface area contributed by atoms with Crippen molar-refractivity contribution in [2.75, 3.05) is 27.4 Å². The standard InChI is InChI=1S/C26H29NO6/c1-5-32-22-11-10-17(15-23(22)33-6-2)21(16-24(28)31-4)25-20(12-13-27-25)26(29)18-8-7-9-19(14-18)30-3/h7-15,21,27H,5-6,16H2,1-4H3. The fraction of sp³-hybridized carbons (Fsp3) is 0.308. The van der Waals surface area contributed by atoms with Gasteiger partial charge in [-0.05, 0) is 49.7 Å². The van der Waals surface area contributed by atoms with Gasteiger partial charge in [-0.1, -0.05) is 18.2 Å². The molecule has 0 spiro atoms. The Bertz CT molecular complexity index is 1100. The lowest BCUT2D eigenvalue weighted by Gasteiger charge is -2.19. The normalized spacial score (nSPS) is 11.5. The molecule has 1 N–H and O–H groups in total. The first-order valence-electron chi connectivity index (χ1n) is 10.8. The number of aromatic amines is 1. The quantitative estimate of drug-likeness (QED) is 0.335. The highest BCUT2D eigenvalue weighted by molar-refractivity contribution is 6.10. The molecule has 0 aliphatic heterocycles. The lowest BCUT2D eigenvalue weighted by molar-refractivity contribution is -0.140. The van der Waals surface area contributed by atoms with Gasteiger partial charge in [0, 0.05) is 28.9 Å². The van der Waals surface area contributed by atoms with E-state index in [2.05, 4.69) is 4.98 Å². The van der Waals surface area contributed by atoms with Gasteiger partial charge in [-0.25, -0.2) is 0 Å². The molecule has 1 aromatic heterocycles. The Kier molecular flexibility index (Phi) is 8.13. The zero-order valence-corrected chi connectivity index (χ0v) is 19.3. The van der Waals surface area contributed by atoms with Crippen LogP contribution < -0.4 is 14.2 Å². The van der Waals surface area contributed by atoms with Gasteiger partial charge in [0.25, 0.3) is 0 Å². The van der Waals surface area contributed by atoms with Crippen LogP contribution in [0.4, 0.5) is 0 Å². The number of methoxy groups -OCH3 is 2. The van der Waals surface area contributed by atoms with Crippen LogP contribution in [0.15, 0.2) is 54.7 Å². The monoisotopic (exact) mass is 451 g/mol. The number of ether oxygens (including phenoxy) is 4. The molecule has 0 aliphatic rings. The minimum Gasteiger partial charge on any atom is -0.497 e. The van der Waals surface area contributed by atoms with Gasteiger partial charge in [0.05, 0.1) is 33.9 Å². The second kappa shape index (κ2) is 11.2. The average molecular weight is 452 g/mol. The number of ketones is 1. The predicted octanol–water partition coefficient (Wildman–Crippen LogP) is 4.75. The number of rotatable bonds is 11. The fourth-order valence-corrected chi connectivity index (χ4v) is 3.71. The molecule has 3 rings (SSSR count). The SMILES string of the molecule is CCOc1ccc(C(CC(=O)OC)c2[nH]ccc2C(=O)c2cccc(OC)c2)cc1OCC. The Labute approximate surface area is 193 Å². The Morgan fingerprint density at radius 2 is 1.70 bits per heavy atom. The number of esters is 1. The lowest BCUT2D eigenvalue weighted by Crippen LogP contribution is -2.14. The van der Waals surface area contributed by atoms with Crippen molar-refractivity contribution in [2.24, 2.45) is 0 Å². The van der Waals surface area contributed by atoms with Crippen molar-refractivity contribution >= 4 is 11.8 Å². The van der Waals surface area contributed by atoms with Crippen LogP contribution >= 0.6 is 0 Å². The molecule has 1 atom stereocenters. The number of hydrogen-bond acceptors (Lipinski definition) is 6. The van der Waals surface area contributed by atoms with Crippen molar-refractivity contribution in [3.63, 3.8) is 0 Å². The zero-order chi connectivity index (χ0) is 23.8. The average Bonchev–Trinajstić information content (AvgIpc) is 3.33. The van der Waals surface area contributed by atoms with Crippen LogP contribution in [-0.2, 0) is 9.53 Å². The zero-order valence-electron chi connectivity index (χ0n) is 19.3. The summed E-state index contributed by atoms with van der Waals surface area (Å²) in [6.45, 7) is 4.76. The first kappa shape index (κ1) is 23.9. The van der Waals surface area contributed by atoms with Crippen LogP contribution in [0.5, 0.6) is 17.2 Å². The highest BCUT2D eigenvalue weighted by atomic mass is 16.5. The largest absolute Gasteiger partial charge is 0.497 e. The molecule has 174 valence electrons. The van der Waals surface area contributed by atoms with Gasteiger partial charge in [-0.2, -0.15) is 0 Å². The summed E-state index contributed by atoms with van der Waals surface area (Å²) in [5, 5.41) is 0. The summed E-state index contributed by atoms with van der Waals surface area (Å²) < 4.78 is 21.6. The van der Waals surface area contributed by atoms with E-state index >= 15 is 0 Å². The van der Waals surface area contributed by atoms with E-state index in [4.69, 9.17) is 18.9 Å². The van der Waals surface area contributed by atoms with E-state index in [0.29, 0.717) is 47.3 Å². The van der Waals surface area contributed by atoms with Gasteiger partial charge in [0.15, 0.2) is 17.3 Å². The highest BCUT2D eigenvalue weighted by Crippen LogP contribution is 2.37. The van der Waals surface area contributed by atoms with E-state index in [1.54, 1.807) is 43.6 Å². The summed E-state index contributed by atoms with van der Waals surface area (Å²) in [6, 6.07) is 14.2.